The van der Waals surface area contributed by atoms with Crippen LogP contribution in [0.5, 0.6) is 0 Å². The minimum atomic E-state index is -4.61. The molecule has 0 saturated heterocycles. The molecule has 3 atom stereocenters. The average Bonchev–Trinajstić information content (AvgIpc) is 3.38. The van der Waals surface area contributed by atoms with Crippen LogP contribution in [0, 0.1) is 0 Å². The Morgan fingerprint density at radius 1 is 0.474 bits per heavy atom. The van der Waals surface area contributed by atoms with E-state index >= 15 is 0 Å². The van der Waals surface area contributed by atoms with Crippen molar-refractivity contribution in [2.24, 2.45) is 0 Å². The Morgan fingerprint density at radius 2 is 0.816 bits per heavy atom. The van der Waals surface area contributed by atoms with E-state index in [0.717, 1.165) is 83.5 Å². The normalized spacial score (nSPS) is 14.6. The predicted molar refractivity (Wildman–Crippen MR) is 329 cm³/mol. The smallest absolute Gasteiger partial charge is 0.268 e. The molecular weight excluding hydrogens is 960 g/mol. The maximum Gasteiger partial charge on any atom is 0.268 e. The van der Waals surface area contributed by atoms with Crippen LogP contribution in [0.3, 0.4) is 0 Å². The maximum absolute atomic E-state index is 13.0. The number of likely N-dealkylation sites (N-methyl/N-ethyl adjacent to an activating group) is 1. The van der Waals surface area contributed by atoms with Gasteiger partial charge in [0.15, 0.2) is 0 Å². The Morgan fingerprint density at radius 3 is 1.22 bits per heavy atom. The molecule has 0 aliphatic carbocycles. The first kappa shape index (κ1) is 73.2. The van der Waals surface area contributed by atoms with Crippen LogP contribution in [0.1, 0.15) is 258 Å². The van der Waals surface area contributed by atoms with Crippen molar-refractivity contribution >= 4 is 13.7 Å². The first-order valence-electron chi connectivity index (χ1n) is 31.2. The second kappa shape index (κ2) is 56.9. The van der Waals surface area contributed by atoms with Gasteiger partial charge in [0, 0.05) is 6.42 Å². The van der Waals surface area contributed by atoms with Crippen molar-refractivity contribution in [2.75, 3.05) is 40.9 Å². The number of carbonyl (C=O) groups excluding carboxylic acids is 1. The topological polar surface area (TPSA) is 108 Å². The number of unbranched alkanes of at least 4 members (excludes halogenated alkanes) is 27. The molecule has 0 spiro atoms. The first-order chi connectivity index (χ1) is 37.0. The molecule has 0 aromatic heterocycles. The van der Waals surface area contributed by atoms with Gasteiger partial charge in [-0.15, -0.1) is 0 Å². The maximum atomic E-state index is 13.0. The standard InChI is InChI=1S/C67H119N2O6P/c1-6-8-10-12-14-16-18-20-22-24-25-26-27-28-29-30-31-32-33-34-35-36-37-38-39-40-41-42-43-45-47-49-51-53-55-57-59-61-67(71)68-65(64-75-76(72,73)74-63-62-69(3,4)5)66(70)60-58-56-54-52-50-48-46-44-23-21-19-17-15-13-11-9-7-2/h8,10,14,16,20,22-23,25-26,28-29,31-32,44,50,52,58,60,65-66,70H,6-7,9,11-13,15,17-19,21,24,27,30,33-43,45-49,51,53-57,59,61-64H2,1-5H3,(H-,68,71,72,73)/b10-8-,16-14-,22-20-,26-25-,29-28-,32-31-,44-23+,52-50+,60-58+. The number of rotatable bonds is 56. The number of quaternary nitrogens is 1. The van der Waals surface area contributed by atoms with Gasteiger partial charge < -0.3 is 28.8 Å². The molecule has 0 saturated carbocycles. The molecule has 438 valence electrons. The van der Waals surface area contributed by atoms with E-state index in [0.29, 0.717) is 17.4 Å². The Hall–Kier alpha value is -2.84. The van der Waals surface area contributed by atoms with Gasteiger partial charge in [0.05, 0.1) is 39.9 Å². The zero-order chi connectivity index (χ0) is 55.6. The third kappa shape index (κ3) is 58.8. The number of aliphatic hydroxyl groups excluding tert-OH is 1. The molecule has 0 rings (SSSR count). The minimum absolute atomic E-state index is 0.0120. The second-order valence-corrected chi connectivity index (χ2v) is 23.4. The van der Waals surface area contributed by atoms with Crippen molar-refractivity contribution in [2.45, 2.75) is 270 Å². The lowest BCUT2D eigenvalue weighted by Crippen LogP contribution is -2.45. The summed E-state index contributed by atoms with van der Waals surface area (Å²) in [5.41, 5.74) is 0. The zero-order valence-electron chi connectivity index (χ0n) is 49.9. The van der Waals surface area contributed by atoms with E-state index in [9.17, 15) is 19.4 Å². The third-order valence-electron chi connectivity index (χ3n) is 13.4. The first-order valence-corrected chi connectivity index (χ1v) is 32.7. The molecule has 76 heavy (non-hydrogen) atoms. The molecule has 0 aliphatic heterocycles. The summed E-state index contributed by atoms with van der Waals surface area (Å²) in [5, 5.41) is 13.9. The number of carbonyl (C=O) groups is 1. The van der Waals surface area contributed by atoms with E-state index in [4.69, 9.17) is 9.05 Å². The Bertz CT molecular complexity index is 1600. The average molecular weight is 1080 g/mol. The molecule has 0 aromatic rings. The molecule has 1 amide bonds. The second-order valence-electron chi connectivity index (χ2n) is 22.0. The van der Waals surface area contributed by atoms with Crippen LogP contribution in [0.15, 0.2) is 109 Å². The van der Waals surface area contributed by atoms with Gasteiger partial charge in [-0.1, -0.05) is 264 Å². The summed E-state index contributed by atoms with van der Waals surface area (Å²) < 4.78 is 23.3. The number of nitrogens with one attached hydrogen (secondary N) is 1. The van der Waals surface area contributed by atoms with Crippen LogP contribution < -0.4 is 10.2 Å². The van der Waals surface area contributed by atoms with Crippen LogP contribution in [-0.4, -0.2) is 68.5 Å². The van der Waals surface area contributed by atoms with Gasteiger partial charge in [-0.3, -0.25) is 9.36 Å². The predicted octanol–water partition coefficient (Wildman–Crippen LogP) is 18.9. The summed E-state index contributed by atoms with van der Waals surface area (Å²) >= 11 is 0. The molecule has 0 aromatic carbocycles. The molecule has 8 nitrogen and oxygen atoms in total. The monoisotopic (exact) mass is 1080 g/mol. The number of amides is 1. The molecule has 9 heteroatoms. The van der Waals surface area contributed by atoms with E-state index in [1.165, 1.54) is 154 Å². The fourth-order valence-corrected chi connectivity index (χ4v) is 9.32. The Balaban J connectivity index is 4.07. The van der Waals surface area contributed by atoms with E-state index in [2.05, 4.69) is 116 Å². The Labute approximate surface area is 470 Å². The lowest BCUT2D eigenvalue weighted by molar-refractivity contribution is -0.870. The zero-order valence-corrected chi connectivity index (χ0v) is 50.8. The van der Waals surface area contributed by atoms with Crippen molar-refractivity contribution in [3.05, 3.63) is 109 Å². The largest absolute Gasteiger partial charge is 0.756 e. The van der Waals surface area contributed by atoms with Gasteiger partial charge in [-0.2, -0.15) is 0 Å². The minimum Gasteiger partial charge on any atom is -0.756 e. The number of hydrogen-bond acceptors (Lipinski definition) is 6. The highest BCUT2D eigenvalue weighted by Gasteiger charge is 2.23. The highest BCUT2D eigenvalue weighted by molar-refractivity contribution is 7.45. The fourth-order valence-electron chi connectivity index (χ4n) is 8.60. The van der Waals surface area contributed by atoms with Crippen molar-refractivity contribution < 1.29 is 32.9 Å². The summed E-state index contributed by atoms with van der Waals surface area (Å²) in [5.74, 6) is -0.212. The van der Waals surface area contributed by atoms with Crippen LogP contribution in [0.4, 0.5) is 0 Å². The summed E-state index contributed by atoms with van der Waals surface area (Å²) in [6.07, 6.45) is 83.3. The van der Waals surface area contributed by atoms with Gasteiger partial charge in [-0.25, -0.2) is 0 Å². The van der Waals surface area contributed by atoms with E-state index in [-0.39, 0.29) is 12.5 Å². The fraction of sp³-hybridized carbons (Fsp3) is 0.716. The van der Waals surface area contributed by atoms with Crippen molar-refractivity contribution in [1.29, 1.82) is 0 Å². The SMILES string of the molecule is CC/C=C\C/C=C\C/C=C\C/C=C\C/C=C\C/C=C\CCCCCCCCCCCCCCCCCCCCC(=O)NC(COP(=O)([O-])OCC[N+](C)(C)C)C(O)/C=C/CC/C=C/CC/C=C/CCCCCCCCC. The molecular formula is C67H119N2O6P. The lowest BCUT2D eigenvalue weighted by Gasteiger charge is -2.29. The molecule has 0 aliphatic rings. The summed E-state index contributed by atoms with van der Waals surface area (Å²) in [6, 6.07) is -0.914. The Kier molecular flexibility index (Phi) is 54.7. The number of aliphatic hydroxyl groups is 1. The highest BCUT2D eigenvalue weighted by atomic mass is 31.2. The number of phosphoric acid groups is 1. The van der Waals surface area contributed by atoms with Gasteiger partial charge in [0.1, 0.15) is 13.2 Å². The number of allylic oxidation sites excluding steroid dienone is 17. The molecule has 0 bridgehead atoms. The third-order valence-corrected chi connectivity index (χ3v) is 14.4. The summed E-state index contributed by atoms with van der Waals surface area (Å²) in [4.78, 5) is 25.5. The number of phosphoric ester groups is 1. The lowest BCUT2D eigenvalue weighted by atomic mass is 10.0. The molecule has 0 fully saturated rings. The van der Waals surface area contributed by atoms with Crippen molar-refractivity contribution in [3.8, 4) is 0 Å². The number of nitrogens with zero attached hydrogens (tertiary/aromatic N) is 1. The van der Waals surface area contributed by atoms with Gasteiger partial charge in [-0.05, 0) is 96.3 Å². The summed E-state index contributed by atoms with van der Waals surface area (Å²) in [7, 11) is 1.23. The van der Waals surface area contributed by atoms with Crippen LogP contribution >= 0.6 is 7.82 Å². The van der Waals surface area contributed by atoms with E-state index in [1.54, 1.807) is 6.08 Å². The molecule has 0 heterocycles. The van der Waals surface area contributed by atoms with Gasteiger partial charge >= 0.3 is 0 Å². The van der Waals surface area contributed by atoms with Crippen LogP contribution in [-0.2, 0) is 18.4 Å². The molecule has 0 radical (unpaired) electrons. The van der Waals surface area contributed by atoms with E-state index < -0.39 is 26.6 Å². The molecule has 3 unspecified atom stereocenters. The quantitative estimate of drug-likeness (QED) is 0.0272. The van der Waals surface area contributed by atoms with E-state index in [1.807, 2.05) is 27.2 Å². The molecule has 2 N–H and O–H groups in total. The summed E-state index contributed by atoms with van der Waals surface area (Å²) in [6.45, 7) is 4.50. The van der Waals surface area contributed by atoms with Crippen molar-refractivity contribution in [3.63, 3.8) is 0 Å². The highest BCUT2D eigenvalue weighted by Crippen LogP contribution is 2.38. The van der Waals surface area contributed by atoms with Crippen LogP contribution in [0.2, 0.25) is 0 Å². The van der Waals surface area contributed by atoms with Crippen molar-refractivity contribution in [1.82, 2.24) is 5.32 Å². The van der Waals surface area contributed by atoms with Gasteiger partial charge in [0.25, 0.3) is 7.82 Å². The number of hydrogen-bond donors (Lipinski definition) is 2. The van der Waals surface area contributed by atoms with Gasteiger partial charge in [0.2, 0.25) is 5.91 Å². The van der Waals surface area contributed by atoms with Crippen LogP contribution in [0.25, 0.3) is 0 Å².